The van der Waals surface area contributed by atoms with Crippen molar-refractivity contribution < 1.29 is 14.3 Å². The molecule has 3 aromatic rings. The maximum atomic E-state index is 12.9. The summed E-state index contributed by atoms with van der Waals surface area (Å²) in [6.45, 7) is 1.73. The van der Waals surface area contributed by atoms with E-state index in [1.54, 1.807) is 49.4 Å². The number of amides is 1. The number of nitrogens with one attached hydrogen (secondary N) is 2. The lowest BCUT2D eigenvalue weighted by Crippen LogP contribution is -2.42. The van der Waals surface area contributed by atoms with Crippen LogP contribution in [0.1, 0.15) is 19.4 Å². The number of fused-ring (bicyclic) bond motifs is 1. The molecule has 0 radical (unpaired) electrons. The van der Waals surface area contributed by atoms with Gasteiger partial charge in [0.15, 0.2) is 0 Å². The first-order valence-corrected chi connectivity index (χ1v) is 8.76. The highest BCUT2D eigenvalue weighted by Crippen LogP contribution is 2.26. The van der Waals surface area contributed by atoms with Gasteiger partial charge in [-0.3, -0.25) is 9.59 Å². The van der Waals surface area contributed by atoms with Crippen molar-refractivity contribution in [1.82, 2.24) is 9.55 Å². The van der Waals surface area contributed by atoms with Crippen molar-refractivity contribution in [2.24, 2.45) is 0 Å². The molecule has 146 valence electrons. The predicted molar refractivity (Wildman–Crippen MR) is 106 cm³/mol. The van der Waals surface area contributed by atoms with Crippen LogP contribution in [0, 0.1) is 0 Å². The summed E-state index contributed by atoms with van der Waals surface area (Å²) in [7, 11) is 3.01. The zero-order chi connectivity index (χ0) is 20.3. The summed E-state index contributed by atoms with van der Waals surface area (Å²) in [5, 5.41) is 3.08. The van der Waals surface area contributed by atoms with E-state index in [1.807, 2.05) is 0 Å². The van der Waals surface area contributed by atoms with Crippen molar-refractivity contribution in [3.63, 3.8) is 0 Å². The minimum atomic E-state index is -0.974. The highest BCUT2D eigenvalue weighted by atomic mass is 16.5. The van der Waals surface area contributed by atoms with E-state index in [9.17, 15) is 14.4 Å². The van der Waals surface area contributed by atoms with E-state index in [1.165, 1.54) is 14.2 Å². The number of carbonyl (C=O) groups excluding carboxylic acids is 1. The van der Waals surface area contributed by atoms with Crippen molar-refractivity contribution >= 4 is 22.5 Å². The minimum Gasteiger partial charge on any atom is -0.497 e. The smallest absolute Gasteiger partial charge is 0.329 e. The summed E-state index contributed by atoms with van der Waals surface area (Å²) < 4.78 is 11.3. The van der Waals surface area contributed by atoms with Crippen molar-refractivity contribution in [2.45, 2.75) is 19.4 Å². The molecule has 0 aliphatic carbocycles. The van der Waals surface area contributed by atoms with Gasteiger partial charge in [-0.2, -0.15) is 0 Å². The maximum Gasteiger partial charge on any atom is 0.329 e. The number of ether oxygens (including phenoxy) is 2. The highest BCUT2D eigenvalue weighted by Gasteiger charge is 2.23. The lowest BCUT2D eigenvalue weighted by Gasteiger charge is -2.18. The normalized spacial score (nSPS) is 11.8. The van der Waals surface area contributed by atoms with E-state index in [-0.39, 0.29) is 6.42 Å². The summed E-state index contributed by atoms with van der Waals surface area (Å²) >= 11 is 0. The van der Waals surface area contributed by atoms with Crippen molar-refractivity contribution in [2.75, 3.05) is 19.5 Å². The molecule has 0 spiro atoms. The van der Waals surface area contributed by atoms with Gasteiger partial charge < -0.3 is 19.8 Å². The first kappa shape index (κ1) is 19.2. The Bertz CT molecular complexity index is 1110. The van der Waals surface area contributed by atoms with Crippen LogP contribution in [0.3, 0.4) is 0 Å². The van der Waals surface area contributed by atoms with Gasteiger partial charge in [0, 0.05) is 23.9 Å². The first-order valence-electron chi connectivity index (χ1n) is 8.76. The second-order valence-corrected chi connectivity index (χ2v) is 6.17. The molecular formula is C20H21N3O5. The van der Waals surface area contributed by atoms with E-state index in [2.05, 4.69) is 10.3 Å². The zero-order valence-electron chi connectivity index (χ0n) is 15.8. The third-order valence-electron chi connectivity index (χ3n) is 4.46. The number of hydrogen-bond donors (Lipinski definition) is 2. The number of aromatic amines is 1. The second kappa shape index (κ2) is 7.99. The van der Waals surface area contributed by atoms with Crippen LogP contribution in [0.15, 0.2) is 52.1 Å². The predicted octanol–water partition coefficient (Wildman–Crippen LogP) is 2.30. The number of hydrogen-bond acceptors (Lipinski definition) is 5. The van der Waals surface area contributed by atoms with Crippen LogP contribution in [-0.2, 0) is 4.79 Å². The second-order valence-electron chi connectivity index (χ2n) is 6.17. The van der Waals surface area contributed by atoms with Crippen molar-refractivity contribution in [3.05, 3.63) is 63.3 Å². The zero-order valence-corrected chi connectivity index (χ0v) is 15.8. The quantitative estimate of drug-likeness (QED) is 0.680. The largest absolute Gasteiger partial charge is 0.497 e. The molecule has 1 amide bonds. The molecule has 0 bridgehead atoms. The topological polar surface area (TPSA) is 102 Å². The molecule has 1 aromatic heterocycles. The third-order valence-corrected chi connectivity index (χ3v) is 4.46. The van der Waals surface area contributed by atoms with Crippen LogP contribution in [0.5, 0.6) is 11.5 Å². The molecule has 2 aromatic carbocycles. The number of aromatic nitrogens is 2. The van der Waals surface area contributed by atoms with E-state index >= 15 is 0 Å². The molecular weight excluding hydrogens is 362 g/mol. The standard InChI is InChI=1S/C20H21N3O5/c1-4-17(18(24)21-12-9-13(27-2)11-14(10-12)28-3)23-19(25)15-7-5-6-8-16(15)22-20(23)26/h5-11,17H,4H2,1-3H3,(H,21,24)(H,22,26)/t17-/m1/s1. The van der Waals surface area contributed by atoms with E-state index in [0.717, 1.165) is 4.57 Å². The van der Waals surface area contributed by atoms with Gasteiger partial charge in [-0.25, -0.2) is 9.36 Å². The molecule has 0 aliphatic rings. The number of methoxy groups -OCH3 is 2. The number of rotatable bonds is 6. The molecule has 2 N–H and O–H groups in total. The third kappa shape index (κ3) is 3.62. The number of carbonyl (C=O) groups is 1. The van der Waals surface area contributed by atoms with Gasteiger partial charge in [-0.15, -0.1) is 0 Å². The Morgan fingerprint density at radius 1 is 1.11 bits per heavy atom. The Labute approximate surface area is 160 Å². The number of para-hydroxylation sites is 1. The van der Waals surface area contributed by atoms with E-state index in [0.29, 0.717) is 28.1 Å². The fourth-order valence-corrected chi connectivity index (χ4v) is 3.05. The van der Waals surface area contributed by atoms with Crippen molar-refractivity contribution in [3.8, 4) is 11.5 Å². The first-order chi connectivity index (χ1) is 13.5. The average molecular weight is 383 g/mol. The van der Waals surface area contributed by atoms with Gasteiger partial charge in [0.05, 0.1) is 25.1 Å². The van der Waals surface area contributed by atoms with Gasteiger partial charge in [0.25, 0.3) is 5.56 Å². The minimum absolute atomic E-state index is 0.258. The number of nitrogens with zero attached hydrogens (tertiary/aromatic N) is 1. The maximum absolute atomic E-state index is 12.9. The Kier molecular flexibility index (Phi) is 5.49. The van der Waals surface area contributed by atoms with Crippen LogP contribution < -0.4 is 26.0 Å². The van der Waals surface area contributed by atoms with Crippen molar-refractivity contribution in [1.29, 1.82) is 0 Å². The number of H-pyrrole nitrogens is 1. The number of benzene rings is 2. The summed E-state index contributed by atoms with van der Waals surface area (Å²) in [6.07, 6.45) is 0.258. The van der Waals surface area contributed by atoms with Crippen LogP contribution in [0.4, 0.5) is 5.69 Å². The molecule has 0 fully saturated rings. The van der Waals surface area contributed by atoms with Crippen LogP contribution in [0.2, 0.25) is 0 Å². The summed E-state index contributed by atoms with van der Waals surface area (Å²) in [6, 6.07) is 10.6. The Balaban J connectivity index is 2.01. The average Bonchev–Trinajstić information content (AvgIpc) is 2.70. The fourth-order valence-electron chi connectivity index (χ4n) is 3.05. The summed E-state index contributed by atoms with van der Waals surface area (Å²) in [5.74, 6) is 0.521. The number of anilines is 1. The summed E-state index contributed by atoms with van der Waals surface area (Å²) in [4.78, 5) is 40.9. The Morgan fingerprint density at radius 3 is 2.36 bits per heavy atom. The SMILES string of the molecule is CC[C@H](C(=O)Nc1cc(OC)cc(OC)c1)n1c(=O)[nH]c2ccccc2c1=O. The highest BCUT2D eigenvalue weighted by molar-refractivity contribution is 5.94. The van der Waals surface area contributed by atoms with Gasteiger partial charge >= 0.3 is 5.69 Å². The molecule has 1 heterocycles. The molecule has 28 heavy (non-hydrogen) atoms. The van der Waals surface area contributed by atoms with E-state index in [4.69, 9.17) is 9.47 Å². The lowest BCUT2D eigenvalue weighted by atomic mass is 10.1. The molecule has 8 heteroatoms. The molecule has 0 unspecified atom stereocenters. The lowest BCUT2D eigenvalue weighted by molar-refractivity contribution is -0.119. The van der Waals surface area contributed by atoms with Crippen LogP contribution in [-0.4, -0.2) is 29.7 Å². The monoisotopic (exact) mass is 383 g/mol. The van der Waals surface area contributed by atoms with Crippen LogP contribution in [0.25, 0.3) is 10.9 Å². The molecule has 3 rings (SSSR count). The molecule has 1 atom stereocenters. The van der Waals surface area contributed by atoms with Gasteiger partial charge in [-0.1, -0.05) is 19.1 Å². The van der Waals surface area contributed by atoms with Gasteiger partial charge in [0.2, 0.25) is 5.91 Å². The Hall–Kier alpha value is -3.55. The molecule has 0 saturated heterocycles. The van der Waals surface area contributed by atoms with Crippen LogP contribution >= 0.6 is 0 Å². The van der Waals surface area contributed by atoms with Gasteiger partial charge in [0.1, 0.15) is 17.5 Å². The van der Waals surface area contributed by atoms with Gasteiger partial charge in [-0.05, 0) is 18.6 Å². The molecule has 8 nitrogen and oxygen atoms in total. The molecule has 0 saturated carbocycles. The van der Waals surface area contributed by atoms with E-state index < -0.39 is 23.2 Å². The Morgan fingerprint density at radius 2 is 1.75 bits per heavy atom. The molecule has 0 aliphatic heterocycles. The fraction of sp³-hybridized carbons (Fsp3) is 0.250. The summed E-state index contributed by atoms with van der Waals surface area (Å²) in [5.41, 5.74) is -0.273.